The maximum absolute atomic E-state index is 12.4. The lowest BCUT2D eigenvalue weighted by Gasteiger charge is -2.30. The van der Waals surface area contributed by atoms with Crippen molar-refractivity contribution in [2.24, 2.45) is 11.8 Å². The summed E-state index contributed by atoms with van der Waals surface area (Å²) in [5, 5.41) is 2.85. The van der Waals surface area contributed by atoms with Crippen LogP contribution in [0.4, 0.5) is 11.6 Å². The Morgan fingerprint density at radius 3 is 2.19 bits per heavy atom. The molecule has 144 valence electrons. The van der Waals surface area contributed by atoms with Crippen LogP contribution < -0.4 is 10.2 Å². The lowest BCUT2D eigenvalue weighted by molar-refractivity contribution is -0.120. The molecule has 2 saturated heterocycles. The van der Waals surface area contributed by atoms with Gasteiger partial charge in [-0.1, -0.05) is 6.92 Å². The molecule has 1 aromatic heterocycles. The predicted octanol–water partition coefficient (Wildman–Crippen LogP) is 1.32. The van der Waals surface area contributed by atoms with Crippen LogP contribution >= 0.6 is 0 Å². The van der Waals surface area contributed by atoms with E-state index in [1.54, 1.807) is 12.4 Å². The van der Waals surface area contributed by atoms with Crippen molar-refractivity contribution in [1.82, 2.24) is 14.3 Å². The topological polar surface area (TPSA) is 95.5 Å². The van der Waals surface area contributed by atoms with E-state index in [4.69, 9.17) is 0 Å². The Balaban J connectivity index is 1.52. The third kappa shape index (κ3) is 4.70. The summed E-state index contributed by atoms with van der Waals surface area (Å²) in [5.41, 5.74) is 0.578. The molecule has 3 rings (SSSR count). The van der Waals surface area contributed by atoms with Crippen molar-refractivity contribution < 1.29 is 13.2 Å². The first-order chi connectivity index (χ1) is 12.3. The van der Waals surface area contributed by atoms with Gasteiger partial charge in [0.05, 0.1) is 24.3 Å². The molecule has 9 heteroatoms. The molecule has 0 saturated carbocycles. The number of rotatable bonds is 4. The van der Waals surface area contributed by atoms with Crippen molar-refractivity contribution in [1.29, 1.82) is 0 Å². The van der Waals surface area contributed by atoms with Crippen molar-refractivity contribution in [3.05, 3.63) is 12.4 Å². The van der Waals surface area contributed by atoms with E-state index >= 15 is 0 Å². The van der Waals surface area contributed by atoms with Gasteiger partial charge in [-0.05, 0) is 31.6 Å². The van der Waals surface area contributed by atoms with E-state index in [9.17, 15) is 13.2 Å². The highest BCUT2D eigenvalue weighted by Crippen LogP contribution is 2.22. The van der Waals surface area contributed by atoms with Crippen molar-refractivity contribution in [3.8, 4) is 0 Å². The molecule has 0 aromatic carbocycles. The Hall–Kier alpha value is -1.74. The number of carbonyl (C=O) groups excluding carboxylic acids is 1. The molecule has 0 spiro atoms. The van der Waals surface area contributed by atoms with E-state index < -0.39 is 10.0 Å². The molecule has 26 heavy (non-hydrogen) atoms. The Kier molecular flexibility index (Phi) is 5.76. The van der Waals surface area contributed by atoms with Crippen LogP contribution in [-0.2, 0) is 14.8 Å². The van der Waals surface area contributed by atoms with E-state index in [0.717, 1.165) is 31.8 Å². The van der Waals surface area contributed by atoms with E-state index in [2.05, 4.69) is 27.1 Å². The summed E-state index contributed by atoms with van der Waals surface area (Å²) in [6.07, 6.45) is 7.85. The summed E-state index contributed by atoms with van der Waals surface area (Å²) in [6.45, 7) is 4.97. The first kappa shape index (κ1) is 19.0. The molecule has 2 aliphatic rings. The molecular formula is C17H27N5O3S. The SMILES string of the molecule is CC1CCN(c2ncc(NC(=O)C3CCN(S(C)(=O)=O)CC3)cn2)CC1. The molecule has 3 heterocycles. The molecule has 0 aliphatic carbocycles. The summed E-state index contributed by atoms with van der Waals surface area (Å²) < 4.78 is 24.5. The fourth-order valence-electron chi connectivity index (χ4n) is 3.45. The molecule has 0 atom stereocenters. The molecular weight excluding hydrogens is 354 g/mol. The Labute approximate surface area is 155 Å². The minimum atomic E-state index is -3.18. The summed E-state index contributed by atoms with van der Waals surface area (Å²) >= 11 is 0. The van der Waals surface area contributed by atoms with E-state index in [-0.39, 0.29) is 11.8 Å². The smallest absolute Gasteiger partial charge is 0.227 e. The second-order valence-corrected chi connectivity index (χ2v) is 9.35. The molecule has 8 nitrogen and oxygen atoms in total. The quantitative estimate of drug-likeness (QED) is 0.845. The minimum absolute atomic E-state index is 0.0960. The summed E-state index contributed by atoms with van der Waals surface area (Å²) in [6, 6.07) is 0. The molecule has 1 aromatic rings. The molecule has 2 aliphatic heterocycles. The second-order valence-electron chi connectivity index (χ2n) is 7.37. The van der Waals surface area contributed by atoms with Crippen molar-refractivity contribution in [2.75, 3.05) is 42.7 Å². The summed E-state index contributed by atoms with van der Waals surface area (Å²) in [4.78, 5) is 23.3. The number of nitrogens with one attached hydrogen (secondary N) is 1. The van der Waals surface area contributed by atoms with Crippen LogP contribution in [0.25, 0.3) is 0 Å². The average molecular weight is 382 g/mol. The number of amides is 1. The van der Waals surface area contributed by atoms with Crippen LogP contribution in [-0.4, -0.2) is 61.0 Å². The van der Waals surface area contributed by atoms with Gasteiger partial charge in [-0.2, -0.15) is 0 Å². The van der Waals surface area contributed by atoms with Gasteiger partial charge < -0.3 is 10.2 Å². The van der Waals surface area contributed by atoms with Gasteiger partial charge in [0.15, 0.2) is 0 Å². The third-order valence-electron chi connectivity index (χ3n) is 5.27. The fraction of sp³-hybridized carbons (Fsp3) is 0.706. The minimum Gasteiger partial charge on any atom is -0.341 e. The molecule has 0 radical (unpaired) electrons. The summed E-state index contributed by atoms with van der Waals surface area (Å²) in [5.74, 6) is 1.17. The lowest BCUT2D eigenvalue weighted by Crippen LogP contribution is -2.40. The Morgan fingerprint density at radius 2 is 1.65 bits per heavy atom. The zero-order valence-corrected chi connectivity index (χ0v) is 16.2. The average Bonchev–Trinajstić information content (AvgIpc) is 2.62. The summed E-state index contributed by atoms with van der Waals surface area (Å²) in [7, 11) is -3.18. The maximum Gasteiger partial charge on any atom is 0.227 e. The van der Waals surface area contributed by atoms with Gasteiger partial charge in [0, 0.05) is 32.1 Å². The predicted molar refractivity (Wildman–Crippen MR) is 100 cm³/mol. The highest BCUT2D eigenvalue weighted by atomic mass is 32.2. The number of piperidine rings is 2. The molecule has 0 unspecified atom stereocenters. The van der Waals surface area contributed by atoms with Gasteiger partial charge in [-0.15, -0.1) is 0 Å². The van der Waals surface area contributed by atoms with Crippen molar-refractivity contribution >= 4 is 27.6 Å². The van der Waals surface area contributed by atoms with Gasteiger partial charge in [0.25, 0.3) is 0 Å². The van der Waals surface area contributed by atoms with Crippen LogP contribution in [0.3, 0.4) is 0 Å². The zero-order chi connectivity index (χ0) is 18.7. The Morgan fingerprint density at radius 1 is 1.08 bits per heavy atom. The first-order valence-electron chi connectivity index (χ1n) is 9.16. The maximum atomic E-state index is 12.4. The number of carbonyl (C=O) groups is 1. The number of hydrogen-bond donors (Lipinski definition) is 1. The Bertz CT molecular complexity index is 721. The van der Waals surface area contributed by atoms with Crippen LogP contribution in [0.15, 0.2) is 12.4 Å². The standard InChI is InChI=1S/C17H27N5O3S/c1-13-3-7-21(8-4-13)17-18-11-15(12-19-17)20-16(23)14-5-9-22(10-6-14)26(2,24)25/h11-14H,3-10H2,1-2H3,(H,20,23). The number of nitrogens with zero attached hydrogens (tertiary/aromatic N) is 4. The fourth-order valence-corrected chi connectivity index (χ4v) is 4.33. The van der Waals surface area contributed by atoms with Gasteiger partial charge in [-0.25, -0.2) is 22.7 Å². The van der Waals surface area contributed by atoms with Crippen LogP contribution in [0.2, 0.25) is 0 Å². The number of anilines is 2. The highest BCUT2D eigenvalue weighted by Gasteiger charge is 2.29. The largest absolute Gasteiger partial charge is 0.341 e. The first-order valence-corrected chi connectivity index (χ1v) is 11.0. The molecule has 0 bridgehead atoms. The monoisotopic (exact) mass is 381 g/mol. The van der Waals surface area contributed by atoms with Crippen molar-refractivity contribution in [3.63, 3.8) is 0 Å². The molecule has 1 N–H and O–H groups in total. The van der Waals surface area contributed by atoms with Gasteiger partial charge in [0.2, 0.25) is 21.9 Å². The normalized spacial score (nSPS) is 20.9. The van der Waals surface area contributed by atoms with Gasteiger partial charge in [0.1, 0.15) is 0 Å². The highest BCUT2D eigenvalue weighted by molar-refractivity contribution is 7.88. The van der Waals surface area contributed by atoms with E-state index in [1.165, 1.54) is 10.6 Å². The second kappa shape index (κ2) is 7.87. The zero-order valence-electron chi connectivity index (χ0n) is 15.4. The number of hydrogen-bond acceptors (Lipinski definition) is 6. The number of sulfonamides is 1. The van der Waals surface area contributed by atoms with E-state index in [1.807, 2.05) is 0 Å². The third-order valence-corrected chi connectivity index (χ3v) is 6.57. The lowest BCUT2D eigenvalue weighted by atomic mass is 9.97. The number of aromatic nitrogens is 2. The van der Waals surface area contributed by atoms with Gasteiger partial charge in [-0.3, -0.25) is 4.79 Å². The molecule has 2 fully saturated rings. The molecule has 1 amide bonds. The van der Waals surface area contributed by atoms with Crippen LogP contribution in [0, 0.1) is 11.8 Å². The van der Waals surface area contributed by atoms with Crippen LogP contribution in [0.5, 0.6) is 0 Å². The van der Waals surface area contributed by atoms with Crippen LogP contribution in [0.1, 0.15) is 32.6 Å². The van der Waals surface area contributed by atoms with Crippen molar-refractivity contribution in [2.45, 2.75) is 32.6 Å². The van der Waals surface area contributed by atoms with E-state index in [0.29, 0.717) is 37.6 Å². The van der Waals surface area contributed by atoms with Gasteiger partial charge >= 0.3 is 0 Å².